The predicted octanol–water partition coefficient (Wildman–Crippen LogP) is 2.99. The first kappa shape index (κ1) is 15.6. The molecule has 0 aliphatic carbocycles. The van der Waals surface area contributed by atoms with E-state index in [-0.39, 0.29) is 12.4 Å². The van der Waals surface area contributed by atoms with Crippen LogP contribution in [0, 0.1) is 0 Å². The standard InChI is InChI=1S/C13H17BrClNO2/c1-2-16(7-8-17)6-5-13(18)11-4-3-10(14)9-12(11)15/h3-4,9,17H,2,5-8H2,1H3. The normalized spacial score (nSPS) is 10.9. The van der Waals surface area contributed by atoms with Crippen molar-refractivity contribution < 1.29 is 9.90 Å². The van der Waals surface area contributed by atoms with Crippen LogP contribution in [0.25, 0.3) is 0 Å². The Balaban J connectivity index is 2.59. The van der Waals surface area contributed by atoms with Gasteiger partial charge < -0.3 is 10.0 Å². The van der Waals surface area contributed by atoms with Gasteiger partial charge in [0.15, 0.2) is 5.78 Å². The molecule has 5 heteroatoms. The highest BCUT2D eigenvalue weighted by Crippen LogP contribution is 2.22. The van der Waals surface area contributed by atoms with Crippen LogP contribution in [0.4, 0.5) is 0 Å². The van der Waals surface area contributed by atoms with Crippen molar-refractivity contribution >= 4 is 33.3 Å². The summed E-state index contributed by atoms with van der Waals surface area (Å²) < 4.78 is 0.861. The smallest absolute Gasteiger partial charge is 0.165 e. The van der Waals surface area contributed by atoms with E-state index in [0.717, 1.165) is 11.0 Å². The van der Waals surface area contributed by atoms with Crippen LogP contribution in [0.15, 0.2) is 22.7 Å². The molecule has 0 fully saturated rings. The van der Waals surface area contributed by atoms with E-state index in [2.05, 4.69) is 15.9 Å². The largest absolute Gasteiger partial charge is 0.395 e. The minimum Gasteiger partial charge on any atom is -0.395 e. The molecule has 0 unspecified atom stereocenters. The molecule has 0 saturated carbocycles. The molecule has 0 aliphatic rings. The van der Waals surface area contributed by atoms with E-state index in [1.54, 1.807) is 12.1 Å². The number of ketones is 1. The average Bonchev–Trinajstić information content (AvgIpc) is 2.34. The van der Waals surface area contributed by atoms with Gasteiger partial charge in [-0.1, -0.05) is 34.5 Å². The molecule has 1 aromatic rings. The van der Waals surface area contributed by atoms with Gasteiger partial charge in [0.1, 0.15) is 0 Å². The number of hydrogen-bond donors (Lipinski definition) is 1. The van der Waals surface area contributed by atoms with E-state index in [4.69, 9.17) is 16.7 Å². The van der Waals surface area contributed by atoms with Crippen molar-refractivity contribution in [3.05, 3.63) is 33.3 Å². The zero-order valence-electron chi connectivity index (χ0n) is 10.3. The number of benzene rings is 1. The van der Waals surface area contributed by atoms with Crippen molar-refractivity contribution in [2.45, 2.75) is 13.3 Å². The highest BCUT2D eigenvalue weighted by atomic mass is 79.9. The van der Waals surface area contributed by atoms with Gasteiger partial charge in [0.25, 0.3) is 0 Å². The Morgan fingerprint density at radius 3 is 2.72 bits per heavy atom. The van der Waals surface area contributed by atoms with Crippen LogP contribution in [-0.2, 0) is 0 Å². The van der Waals surface area contributed by atoms with Crippen molar-refractivity contribution in [3.8, 4) is 0 Å². The van der Waals surface area contributed by atoms with E-state index < -0.39 is 0 Å². The molecule has 18 heavy (non-hydrogen) atoms. The summed E-state index contributed by atoms with van der Waals surface area (Å²) >= 11 is 9.34. The number of likely N-dealkylation sites (N-methyl/N-ethyl adjacent to an activating group) is 1. The van der Waals surface area contributed by atoms with E-state index in [0.29, 0.717) is 30.1 Å². The van der Waals surface area contributed by atoms with Crippen molar-refractivity contribution in [1.29, 1.82) is 0 Å². The second kappa shape index (κ2) is 7.89. The highest BCUT2D eigenvalue weighted by Gasteiger charge is 2.12. The van der Waals surface area contributed by atoms with Crippen LogP contribution in [0.3, 0.4) is 0 Å². The molecule has 0 atom stereocenters. The molecule has 1 rings (SSSR count). The number of aliphatic hydroxyl groups excluding tert-OH is 1. The zero-order chi connectivity index (χ0) is 13.5. The number of rotatable bonds is 7. The van der Waals surface area contributed by atoms with E-state index >= 15 is 0 Å². The molecule has 3 nitrogen and oxygen atoms in total. The van der Waals surface area contributed by atoms with Crippen LogP contribution in [-0.4, -0.2) is 42.0 Å². The maximum absolute atomic E-state index is 12.0. The predicted molar refractivity (Wildman–Crippen MR) is 77.3 cm³/mol. The van der Waals surface area contributed by atoms with Crippen LogP contribution in [0.5, 0.6) is 0 Å². The summed E-state index contributed by atoms with van der Waals surface area (Å²) in [7, 11) is 0. The molecule has 0 amide bonds. The Hall–Kier alpha value is -0.420. The van der Waals surface area contributed by atoms with Crippen LogP contribution >= 0.6 is 27.5 Å². The van der Waals surface area contributed by atoms with Crippen molar-refractivity contribution in [3.63, 3.8) is 0 Å². The second-order valence-electron chi connectivity index (χ2n) is 3.96. The molecule has 0 spiro atoms. The van der Waals surface area contributed by atoms with Gasteiger partial charge in [-0.3, -0.25) is 4.79 Å². The minimum atomic E-state index is 0.0314. The quantitative estimate of drug-likeness (QED) is 0.779. The molecular weight excluding hydrogens is 318 g/mol. The number of aliphatic hydroxyl groups is 1. The van der Waals surface area contributed by atoms with Crippen LogP contribution in [0.1, 0.15) is 23.7 Å². The van der Waals surface area contributed by atoms with Gasteiger partial charge in [0.05, 0.1) is 11.6 Å². The lowest BCUT2D eigenvalue weighted by atomic mass is 10.1. The Bertz CT molecular complexity index is 412. The summed E-state index contributed by atoms with van der Waals surface area (Å²) in [5, 5.41) is 9.34. The third kappa shape index (κ3) is 4.69. The fourth-order valence-electron chi connectivity index (χ4n) is 1.68. The van der Waals surface area contributed by atoms with Gasteiger partial charge in [-0.25, -0.2) is 0 Å². The zero-order valence-corrected chi connectivity index (χ0v) is 12.7. The summed E-state index contributed by atoms with van der Waals surface area (Å²) in [6.07, 6.45) is 0.412. The van der Waals surface area contributed by atoms with Crippen LogP contribution in [0.2, 0.25) is 5.02 Å². The first-order valence-electron chi connectivity index (χ1n) is 5.90. The molecule has 1 aromatic carbocycles. The fraction of sp³-hybridized carbons (Fsp3) is 0.462. The summed E-state index contributed by atoms with van der Waals surface area (Å²) in [6.45, 7) is 4.18. The molecule has 100 valence electrons. The van der Waals surface area contributed by atoms with E-state index in [1.807, 2.05) is 17.9 Å². The molecule has 0 radical (unpaired) electrons. The lowest BCUT2D eigenvalue weighted by Gasteiger charge is -2.18. The Morgan fingerprint density at radius 1 is 1.44 bits per heavy atom. The summed E-state index contributed by atoms with van der Waals surface area (Å²) in [5.74, 6) is 0.0314. The third-order valence-electron chi connectivity index (χ3n) is 2.75. The maximum atomic E-state index is 12.0. The summed E-state index contributed by atoms with van der Waals surface area (Å²) in [4.78, 5) is 14.0. The summed E-state index contributed by atoms with van der Waals surface area (Å²) in [6, 6.07) is 5.27. The number of carbonyl (C=O) groups is 1. The van der Waals surface area contributed by atoms with E-state index in [9.17, 15) is 4.79 Å². The maximum Gasteiger partial charge on any atom is 0.165 e. The number of halogens is 2. The van der Waals surface area contributed by atoms with Gasteiger partial charge in [-0.2, -0.15) is 0 Å². The van der Waals surface area contributed by atoms with Gasteiger partial charge >= 0.3 is 0 Å². The monoisotopic (exact) mass is 333 g/mol. The molecule has 0 saturated heterocycles. The van der Waals surface area contributed by atoms with Gasteiger partial charge in [-0.15, -0.1) is 0 Å². The molecule has 0 bridgehead atoms. The van der Waals surface area contributed by atoms with Gasteiger partial charge in [0, 0.05) is 29.5 Å². The van der Waals surface area contributed by atoms with E-state index in [1.165, 1.54) is 0 Å². The van der Waals surface area contributed by atoms with Crippen molar-refractivity contribution in [1.82, 2.24) is 4.90 Å². The SMILES string of the molecule is CCN(CCO)CCC(=O)c1ccc(Br)cc1Cl. The lowest BCUT2D eigenvalue weighted by Crippen LogP contribution is -2.29. The van der Waals surface area contributed by atoms with Crippen LogP contribution < -0.4 is 0 Å². The first-order chi connectivity index (χ1) is 8.58. The lowest BCUT2D eigenvalue weighted by molar-refractivity contribution is 0.0959. The summed E-state index contributed by atoms with van der Waals surface area (Å²) in [5.41, 5.74) is 0.555. The Kier molecular flexibility index (Phi) is 6.86. The molecule has 1 N–H and O–H groups in total. The first-order valence-corrected chi connectivity index (χ1v) is 7.07. The van der Waals surface area contributed by atoms with Crippen molar-refractivity contribution in [2.24, 2.45) is 0 Å². The third-order valence-corrected chi connectivity index (χ3v) is 3.56. The topological polar surface area (TPSA) is 40.5 Å². The number of Topliss-reactive ketones (excluding diaryl/α,β-unsaturated/α-hetero) is 1. The highest BCUT2D eigenvalue weighted by molar-refractivity contribution is 9.10. The molecule has 0 heterocycles. The number of hydrogen-bond acceptors (Lipinski definition) is 3. The van der Waals surface area contributed by atoms with Crippen molar-refractivity contribution in [2.75, 3.05) is 26.2 Å². The van der Waals surface area contributed by atoms with Gasteiger partial charge in [0.2, 0.25) is 0 Å². The fourth-order valence-corrected chi connectivity index (χ4v) is 2.46. The molecular formula is C13H17BrClNO2. The second-order valence-corrected chi connectivity index (χ2v) is 5.28. The average molecular weight is 335 g/mol. The molecule has 0 aromatic heterocycles. The number of nitrogens with zero attached hydrogens (tertiary/aromatic N) is 1. The minimum absolute atomic E-state index is 0.0314. The number of carbonyl (C=O) groups excluding carboxylic acids is 1. The van der Waals surface area contributed by atoms with Gasteiger partial charge in [-0.05, 0) is 24.7 Å². The molecule has 0 aliphatic heterocycles. The Morgan fingerprint density at radius 2 is 2.17 bits per heavy atom. The Labute approximate surface area is 121 Å².